The summed E-state index contributed by atoms with van der Waals surface area (Å²) in [7, 11) is 1.64. The van der Waals surface area contributed by atoms with Crippen molar-refractivity contribution in [3.8, 4) is 5.75 Å². The molecule has 0 saturated heterocycles. The van der Waals surface area contributed by atoms with Gasteiger partial charge in [-0.2, -0.15) is 0 Å². The largest absolute Gasteiger partial charge is 0.497 e. The van der Waals surface area contributed by atoms with Gasteiger partial charge in [0.1, 0.15) is 5.75 Å². The van der Waals surface area contributed by atoms with Gasteiger partial charge in [0, 0.05) is 4.90 Å². The van der Waals surface area contributed by atoms with Gasteiger partial charge in [-0.3, -0.25) is 4.79 Å². The van der Waals surface area contributed by atoms with Crippen molar-refractivity contribution in [3.05, 3.63) is 60.2 Å². The highest BCUT2D eigenvalue weighted by Crippen LogP contribution is 2.24. The quantitative estimate of drug-likeness (QED) is 0.817. The molecule has 1 N–H and O–H groups in total. The molecular formula is C18H21NO2S. The maximum atomic E-state index is 12.3. The van der Waals surface area contributed by atoms with E-state index in [0.29, 0.717) is 0 Å². The molecule has 2 atom stereocenters. The SMILES string of the molecule is COc1ccc(C(C)NC(=O)C(C)Sc2ccccc2)cc1. The van der Waals surface area contributed by atoms with Crippen molar-refractivity contribution in [1.29, 1.82) is 0 Å². The summed E-state index contributed by atoms with van der Waals surface area (Å²) < 4.78 is 5.14. The van der Waals surface area contributed by atoms with Crippen LogP contribution in [-0.2, 0) is 4.79 Å². The number of thioether (sulfide) groups is 1. The summed E-state index contributed by atoms with van der Waals surface area (Å²) in [5.74, 6) is 0.854. The number of ether oxygens (including phenoxy) is 1. The zero-order chi connectivity index (χ0) is 15.9. The van der Waals surface area contributed by atoms with E-state index in [-0.39, 0.29) is 17.2 Å². The third kappa shape index (κ3) is 4.53. The summed E-state index contributed by atoms with van der Waals surface area (Å²) in [6.07, 6.45) is 0. The van der Waals surface area contributed by atoms with Crippen molar-refractivity contribution in [1.82, 2.24) is 5.32 Å². The Bertz CT molecular complexity index is 598. The zero-order valence-corrected chi connectivity index (χ0v) is 13.9. The van der Waals surface area contributed by atoms with Crippen LogP contribution in [0, 0.1) is 0 Å². The molecule has 4 heteroatoms. The number of rotatable bonds is 6. The fourth-order valence-electron chi connectivity index (χ4n) is 2.06. The summed E-state index contributed by atoms with van der Waals surface area (Å²) in [6, 6.07) is 17.7. The lowest BCUT2D eigenvalue weighted by molar-refractivity contribution is -0.120. The Labute approximate surface area is 136 Å². The summed E-state index contributed by atoms with van der Waals surface area (Å²) >= 11 is 1.56. The topological polar surface area (TPSA) is 38.3 Å². The average molecular weight is 315 g/mol. The number of carbonyl (C=O) groups excluding carboxylic acids is 1. The predicted molar refractivity (Wildman–Crippen MR) is 91.3 cm³/mol. The second-order valence-electron chi connectivity index (χ2n) is 5.08. The molecule has 0 fully saturated rings. The van der Waals surface area contributed by atoms with Crippen LogP contribution in [-0.4, -0.2) is 18.3 Å². The van der Waals surface area contributed by atoms with Crippen molar-refractivity contribution in [2.75, 3.05) is 7.11 Å². The van der Waals surface area contributed by atoms with E-state index in [1.54, 1.807) is 18.9 Å². The van der Waals surface area contributed by atoms with Gasteiger partial charge in [0.05, 0.1) is 18.4 Å². The molecule has 2 aromatic rings. The van der Waals surface area contributed by atoms with Crippen LogP contribution in [0.15, 0.2) is 59.5 Å². The fourth-order valence-corrected chi connectivity index (χ4v) is 2.96. The number of nitrogens with one attached hydrogen (secondary N) is 1. The van der Waals surface area contributed by atoms with E-state index < -0.39 is 0 Å². The van der Waals surface area contributed by atoms with Gasteiger partial charge in [0.25, 0.3) is 0 Å². The highest BCUT2D eigenvalue weighted by molar-refractivity contribution is 8.00. The molecule has 0 spiro atoms. The summed E-state index contributed by atoms with van der Waals surface area (Å²) in [5.41, 5.74) is 1.06. The van der Waals surface area contributed by atoms with Gasteiger partial charge in [-0.05, 0) is 43.7 Å². The summed E-state index contributed by atoms with van der Waals surface area (Å²) in [6.45, 7) is 3.91. The van der Waals surface area contributed by atoms with E-state index in [1.807, 2.05) is 68.4 Å². The standard InChI is InChI=1S/C18H21NO2S/c1-13(15-9-11-16(21-3)12-10-15)19-18(20)14(2)22-17-7-5-4-6-8-17/h4-14H,1-3H3,(H,19,20). The minimum absolute atomic E-state index is 0.0303. The van der Waals surface area contributed by atoms with Gasteiger partial charge >= 0.3 is 0 Å². The van der Waals surface area contributed by atoms with Crippen LogP contribution in [0.1, 0.15) is 25.5 Å². The first-order chi connectivity index (χ1) is 10.6. The van der Waals surface area contributed by atoms with E-state index >= 15 is 0 Å². The molecule has 2 unspecified atom stereocenters. The number of benzene rings is 2. The van der Waals surface area contributed by atoms with E-state index in [9.17, 15) is 4.79 Å². The minimum atomic E-state index is -0.136. The summed E-state index contributed by atoms with van der Waals surface area (Å²) in [5, 5.41) is 2.92. The van der Waals surface area contributed by atoms with Crippen LogP contribution in [0.4, 0.5) is 0 Å². The van der Waals surface area contributed by atoms with Crippen molar-refractivity contribution in [3.63, 3.8) is 0 Å². The van der Waals surface area contributed by atoms with E-state index in [0.717, 1.165) is 16.2 Å². The predicted octanol–water partition coefficient (Wildman–Crippen LogP) is 4.05. The molecule has 0 bridgehead atoms. The molecule has 0 heterocycles. The molecular weight excluding hydrogens is 294 g/mol. The van der Waals surface area contributed by atoms with E-state index in [4.69, 9.17) is 4.74 Å². The Morgan fingerprint density at radius 3 is 2.27 bits per heavy atom. The molecule has 0 aliphatic carbocycles. The third-order valence-electron chi connectivity index (χ3n) is 3.40. The Morgan fingerprint density at radius 2 is 1.68 bits per heavy atom. The Hall–Kier alpha value is -1.94. The van der Waals surface area contributed by atoms with Crippen molar-refractivity contribution < 1.29 is 9.53 Å². The maximum absolute atomic E-state index is 12.3. The summed E-state index contributed by atoms with van der Waals surface area (Å²) in [4.78, 5) is 13.4. The second kappa shape index (κ2) is 7.90. The number of hydrogen-bond acceptors (Lipinski definition) is 3. The highest BCUT2D eigenvalue weighted by atomic mass is 32.2. The molecule has 0 aromatic heterocycles. The first-order valence-electron chi connectivity index (χ1n) is 7.26. The van der Waals surface area contributed by atoms with Crippen molar-refractivity contribution in [2.24, 2.45) is 0 Å². The molecule has 22 heavy (non-hydrogen) atoms. The molecule has 0 saturated carbocycles. The van der Waals surface area contributed by atoms with Gasteiger partial charge < -0.3 is 10.1 Å². The number of amides is 1. The average Bonchev–Trinajstić information content (AvgIpc) is 2.55. The van der Waals surface area contributed by atoms with Crippen LogP contribution in [0.25, 0.3) is 0 Å². The van der Waals surface area contributed by atoms with Gasteiger partial charge in [-0.1, -0.05) is 30.3 Å². The molecule has 3 nitrogen and oxygen atoms in total. The van der Waals surface area contributed by atoms with E-state index in [1.165, 1.54) is 0 Å². The molecule has 0 radical (unpaired) electrons. The molecule has 116 valence electrons. The maximum Gasteiger partial charge on any atom is 0.233 e. The Morgan fingerprint density at radius 1 is 1.05 bits per heavy atom. The van der Waals surface area contributed by atoms with Crippen LogP contribution in [0.5, 0.6) is 5.75 Å². The van der Waals surface area contributed by atoms with Gasteiger partial charge in [0.2, 0.25) is 5.91 Å². The smallest absolute Gasteiger partial charge is 0.233 e. The fraction of sp³-hybridized carbons (Fsp3) is 0.278. The second-order valence-corrected chi connectivity index (χ2v) is 6.49. The lowest BCUT2D eigenvalue weighted by Gasteiger charge is -2.18. The van der Waals surface area contributed by atoms with Crippen LogP contribution >= 0.6 is 11.8 Å². The van der Waals surface area contributed by atoms with Gasteiger partial charge in [-0.15, -0.1) is 11.8 Å². The number of carbonyl (C=O) groups is 1. The monoisotopic (exact) mass is 315 g/mol. The molecule has 1 amide bonds. The van der Waals surface area contributed by atoms with E-state index in [2.05, 4.69) is 5.32 Å². The third-order valence-corrected chi connectivity index (χ3v) is 4.51. The molecule has 2 rings (SSSR count). The van der Waals surface area contributed by atoms with Crippen molar-refractivity contribution in [2.45, 2.75) is 30.0 Å². The first kappa shape index (κ1) is 16.4. The lowest BCUT2D eigenvalue weighted by Crippen LogP contribution is -2.33. The lowest BCUT2D eigenvalue weighted by atomic mass is 10.1. The molecule has 0 aliphatic rings. The van der Waals surface area contributed by atoms with Crippen LogP contribution in [0.3, 0.4) is 0 Å². The van der Waals surface area contributed by atoms with Crippen LogP contribution in [0.2, 0.25) is 0 Å². The van der Waals surface area contributed by atoms with Gasteiger partial charge in [-0.25, -0.2) is 0 Å². The van der Waals surface area contributed by atoms with Gasteiger partial charge in [0.15, 0.2) is 0 Å². The zero-order valence-electron chi connectivity index (χ0n) is 13.1. The number of hydrogen-bond donors (Lipinski definition) is 1. The number of methoxy groups -OCH3 is 1. The minimum Gasteiger partial charge on any atom is -0.497 e. The molecule has 2 aromatic carbocycles. The Balaban J connectivity index is 1.92. The first-order valence-corrected chi connectivity index (χ1v) is 8.14. The highest BCUT2D eigenvalue weighted by Gasteiger charge is 2.17. The Kier molecular flexibility index (Phi) is 5.90. The van der Waals surface area contributed by atoms with Crippen LogP contribution < -0.4 is 10.1 Å². The van der Waals surface area contributed by atoms with Crippen molar-refractivity contribution >= 4 is 17.7 Å². The normalized spacial score (nSPS) is 13.2. The molecule has 0 aliphatic heterocycles.